The second-order valence-corrected chi connectivity index (χ2v) is 5.34. The van der Waals surface area contributed by atoms with Crippen LogP contribution in [-0.4, -0.2) is 48.1 Å². The molecule has 0 saturated carbocycles. The van der Waals surface area contributed by atoms with Crippen LogP contribution in [0.15, 0.2) is 36.0 Å². The van der Waals surface area contributed by atoms with Gasteiger partial charge in [-0.05, 0) is 44.3 Å². The largest absolute Gasteiger partial charge is 0.478 e. The third-order valence-electron chi connectivity index (χ3n) is 3.67. The molecule has 134 valence electrons. The lowest BCUT2D eigenvalue weighted by molar-refractivity contribution is -0.112. The quantitative estimate of drug-likeness (QED) is 0.341. The van der Waals surface area contributed by atoms with Crippen molar-refractivity contribution in [3.05, 3.63) is 41.6 Å². The van der Waals surface area contributed by atoms with Crippen LogP contribution >= 0.6 is 0 Å². The van der Waals surface area contributed by atoms with Crippen LogP contribution in [0, 0.1) is 11.3 Å². The molecule has 0 aliphatic carbocycles. The lowest BCUT2D eigenvalue weighted by atomic mass is 10.2. The maximum Gasteiger partial charge on any atom is 0.335 e. The Balaban J connectivity index is 2.55. The van der Waals surface area contributed by atoms with Crippen molar-refractivity contribution in [3.63, 3.8) is 0 Å². The molecule has 0 radical (unpaired) electrons. The molecule has 7 heteroatoms. The van der Waals surface area contributed by atoms with Crippen molar-refractivity contribution < 1.29 is 14.7 Å². The summed E-state index contributed by atoms with van der Waals surface area (Å²) in [5, 5.41) is 23.6. The molecule has 1 aromatic rings. The number of rotatable bonds is 10. The van der Waals surface area contributed by atoms with Gasteiger partial charge < -0.3 is 20.6 Å². The van der Waals surface area contributed by atoms with E-state index in [9.17, 15) is 9.59 Å². The van der Waals surface area contributed by atoms with Crippen molar-refractivity contribution in [2.24, 2.45) is 0 Å². The molecule has 1 aromatic carbocycles. The molecule has 0 spiro atoms. The number of benzene rings is 1. The maximum atomic E-state index is 12.1. The van der Waals surface area contributed by atoms with Crippen molar-refractivity contribution in [2.75, 3.05) is 31.5 Å². The Bertz CT molecular complexity index is 661. The number of nitriles is 1. The molecule has 0 aliphatic rings. The summed E-state index contributed by atoms with van der Waals surface area (Å²) in [7, 11) is 0. The SMILES string of the molecule is CCN(CC)CCCN/C=C(/C#N)C(=O)Nc1cccc(C(=O)O)c1. The number of hydrogen-bond acceptors (Lipinski definition) is 5. The second-order valence-electron chi connectivity index (χ2n) is 5.34. The summed E-state index contributed by atoms with van der Waals surface area (Å²) in [6, 6.07) is 7.70. The van der Waals surface area contributed by atoms with E-state index in [4.69, 9.17) is 10.4 Å². The standard InChI is InChI=1S/C18H24N4O3/c1-3-22(4-2)10-6-9-20-13-15(12-19)17(23)21-16-8-5-7-14(11-16)18(24)25/h5,7-8,11,13,20H,3-4,6,9-10H2,1-2H3,(H,21,23)(H,24,25)/b15-13-. The van der Waals surface area contributed by atoms with Gasteiger partial charge in [0.05, 0.1) is 5.56 Å². The monoisotopic (exact) mass is 344 g/mol. The Morgan fingerprint density at radius 1 is 1.32 bits per heavy atom. The average molecular weight is 344 g/mol. The van der Waals surface area contributed by atoms with Gasteiger partial charge in [-0.2, -0.15) is 5.26 Å². The molecule has 0 bridgehead atoms. The highest BCUT2D eigenvalue weighted by Crippen LogP contribution is 2.11. The first-order valence-corrected chi connectivity index (χ1v) is 8.22. The summed E-state index contributed by atoms with van der Waals surface area (Å²) >= 11 is 0. The fourth-order valence-corrected chi connectivity index (χ4v) is 2.20. The third-order valence-corrected chi connectivity index (χ3v) is 3.67. The molecule has 25 heavy (non-hydrogen) atoms. The fraction of sp³-hybridized carbons (Fsp3) is 0.389. The number of amides is 1. The van der Waals surface area contributed by atoms with Gasteiger partial charge in [-0.15, -0.1) is 0 Å². The average Bonchev–Trinajstić information content (AvgIpc) is 2.61. The molecule has 0 aromatic heterocycles. The van der Waals surface area contributed by atoms with Crippen LogP contribution in [-0.2, 0) is 4.79 Å². The molecule has 0 heterocycles. The van der Waals surface area contributed by atoms with Crippen molar-refractivity contribution >= 4 is 17.6 Å². The van der Waals surface area contributed by atoms with Gasteiger partial charge in [0.25, 0.3) is 5.91 Å². The number of carbonyl (C=O) groups excluding carboxylic acids is 1. The Labute approximate surface area is 147 Å². The van der Waals surface area contributed by atoms with Crippen LogP contribution in [0.5, 0.6) is 0 Å². The first-order chi connectivity index (χ1) is 12.0. The van der Waals surface area contributed by atoms with E-state index in [1.165, 1.54) is 24.4 Å². The van der Waals surface area contributed by atoms with Gasteiger partial charge in [0.2, 0.25) is 0 Å². The first kappa shape index (κ1) is 20.2. The minimum absolute atomic E-state index is 0.0646. The highest BCUT2D eigenvalue weighted by molar-refractivity contribution is 6.06. The number of hydrogen-bond donors (Lipinski definition) is 3. The van der Waals surface area contributed by atoms with Gasteiger partial charge in [0.1, 0.15) is 11.6 Å². The van der Waals surface area contributed by atoms with Crippen LogP contribution in [0.2, 0.25) is 0 Å². The van der Waals surface area contributed by atoms with Crippen LogP contribution in [0.25, 0.3) is 0 Å². The van der Waals surface area contributed by atoms with E-state index in [2.05, 4.69) is 29.4 Å². The molecule has 0 saturated heterocycles. The summed E-state index contributed by atoms with van der Waals surface area (Å²) in [6.45, 7) is 7.80. The number of carboxylic acid groups (broad SMARTS) is 1. The van der Waals surface area contributed by atoms with Gasteiger partial charge in [0, 0.05) is 18.4 Å². The van der Waals surface area contributed by atoms with Crippen molar-refractivity contribution in [1.82, 2.24) is 10.2 Å². The first-order valence-electron chi connectivity index (χ1n) is 8.22. The Morgan fingerprint density at radius 3 is 2.64 bits per heavy atom. The second kappa shape index (κ2) is 10.8. The molecule has 1 rings (SSSR count). The zero-order chi connectivity index (χ0) is 18.7. The summed E-state index contributed by atoms with van der Waals surface area (Å²) in [5.41, 5.74) is 0.325. The molecule has 0 atom stereocenters. The smallest absolute Gasteiger partial charge is 0.335 e. The molecule has 3 N–H and O–H groups in total. The van der Waals surface area contributed by atoms with Gasteiger partial charge >= 0.3 is 5.97 Å². The predicted molar refractivity (Wildman–Crippen MR) is 96.1 cm³/mol. The number of nitrogens with zero attached hydrogens (tertiary/aromatic N) is 2. The summed E-state index contributed by atoms with van der Waals surface area (Å²) < 4.78 is 0. The fourth-order valence-electron chi connectivity index (χ4n) is 2.20. The van der Waals surface area contributed by atoms with Crippen LogP contribution in [0.3, 0.4) is 0 Å². The molecule has 0 fully saturated rings. The van der Waals surface area contributed by atoms with E-state index >= 15 is 0 Å². The number of aromatic carboxylic acids is 1. The number of carboxylic acids is 1. The summed E-state index contributed by atoms with van der Waals surface area (Å²) in [4.78, 5) is 25.3. The number of carbonyl (C=O) groups is 2. The predicted octanol–water partition coefficient (Wildman–Crippen LogP) is 2.05. The van der Waals surface area contributed by atoms with Crippen LogP contribution < -0.4 is 10.6 Å². The van der Waals surface area contributed by atoms with Crippen molar-refractivity contribution in [2.45, 2.75) is 20.3 Å². The Kier molecular flexibility index (Phi) is 8.75. The number of anilines is 1. The van der Waals surface area contributed by atoms with Crippen LogP contribution in [0.1, 0.15) is 30.6 Å². The van der Waals surface area contributed by atoms with Gasteiger partial charge in [-0.3, -0.25) is 4.79 Å². The highest BCUT2D eigenvalue weighted by Gasteiger charge is 2.10. The lowest BCUT2D eigenvalue weighted by Crippen LogP contribution is -2.26. The lowest BCUT2D eigenvalue weighted by Gasteiger charge is -2.17. The van der Waals surface area contributed by atoms with E-state index in [0.29, 0.717) is 12.2 Å². The summed E-state index contributed by atoms with van der Waals surface area (Å²) in [6.07, 6.45) is 2.29. The van der Waals surface area contributed by atoms with E-state index in [1.54, 1.807) is 6.07 Å². The molecule has 0 aliphatic heterocycles. The van der Waals surface area contributed by atoms with E-state index in [0.717, 1.165) is 26.1 Å². The minimum atomic E-state index is -1.08. The van der Waals surface area contributed by atoms with Crippen LogP contribution in [0.4, 0.5) is 5.69 Å². The molecule has 7 nitrogen and oxygen atoms in total. The van der Waals surface area contributed by atoms with Gasteiger partial charge in [0.15, 0.2) is 0 Å². The Hall–Kier alpha value is -2.85. The molecular formula is C18H24N4O3. The summed E-state index contributed by atoms with van der Waals surface area (Å²) in [5.74, 6) is -1.66. The van der Waals surface area contributed by atoms with Gasteiger partial charge in [-0.25, -0.2) is 4.79 Å². The molecular weight excluding hydrogens is 320 g/mol. The molecule has 0 unspecified atom stereocenters. The minimum Gasteiger partial charge on any atom is -0.478 e. The number of nitrogens with one attached hydrogen (secondary N) is 2. The highest BCUT2D eigenvalue weighted by atomic mass is 16.4. The third kappa shape index (κ3) is 7.06. The molecule has 1 amide bonds. The topological polar surface area (TPSA) is 105 Å². The maximum absolute atomic E-state index is 12.1. The zero-order valence-corrected chi connectivity index (χ0v) is 14.6. The van der Waals surface area contributed by atoms with E-state index < -0.39 is 11.9 Å². The van der Waals surface area contributed by atoms with Crippen molar-refractivity contribution in [3.8, 4) is 6.07 Å². The van der Waals surface area contributed by atoms with E-state index in [-0.39, 0.29) is 11.1 Å². The van der Waals surface area contributed by atoms with Gasteiger partial charge in [-0.1, -0.05) is 19.9 Å². The van der Waals surface area contributed by atoms with Crippen molar-refractivity contribution in [1.29, 1.82) is 5.26 Å². The van der Waals surface area contributed by atoms with E-state index in [1.807, 2.05) is 6.07 Å². The Morgan fingerprint density at radius 2 is 2.04 bits per heavy atom. The normalized spacial score (nSPS) is 11.0. The zero-order valence-electron chi connectivity index (χ0n) is 14.6.